The molecule has 0 spiro atoms. The van der Waals surface area contributed by atoms with Crippen LogP contribution in [-0.2, 0) is 16.6 Å². The zero-order chi connectivity index (χ0) is 14.8. The molecule has 2 heterocycles. The molecular weight excluding hydrogens is 298 g/mol. The van der Waals surface area contributed by atoms with E-state index in [1.165, 1.54) is 6.20 Å². The van der Waals surface area contributed by atoms with Crippen LogP contribution in [0.4, 0.5) is 0 Å². The van der Waals surface area contributed by atoms with Crippen molar-refractivity contribution in [2.45, 2.75) is 38.1 Å². The molecule has 2 unspecified atom stereocenters. The third kappa shape index (κ3) is 3.54. The van der Waals surface area contributed by atoms with Gasteiger partial charge < -0.3 is 0 Å². The van der Waals surface area contributed by atoms with Gasteiger partial charge in [0.25, 0.3) is 0 Å². The first-order chi connectivity index (χ1) is 9.43. The molecular formula is C13H22ClN3O2S. The summed E-state index contributed by atoms with van der Waals surface area (Å²) in [5, 5.41) is 4.11. The SMILES string of the molecule is CC1CC(C)CN(S(=O)(=O)c2cnn(CCCCl)c2)C1. The Morgan fingerprint density at radius 3 is 2.60 bits per heavy atom. The van der Waals surface area contributed by atoms with E-state index < -0.39 is 10.0 Å². The van der Waals surface area contributed by atoms with Gasteiger partial charge in [0.2, 0.25) is 10.0 Å². The number of alkyl halides is 1. The average Bonchev–Trinajstić information content (AvgIpc) is 2.84. The number of aryl methyl sites for hydroxylation is 1. The molecule has 0 aliphatic carbocycles. The zero-order valence-corrected chi connectivity index (χ0v) is 13.6. The highest BCUT2D eigenvalue weighted by molar-refractivity contribution is 7.89. The maximum absolute atomic E-state index is 12.6. The van der Waals surface area contributed by atoms with Crippen molar-refractivity contribution in [3.05, 3.63) is 12.4 Å². The highest BCUT2D eigenvalue weighted by Gasteiger charge is 2.32. The Balaban J connectivity index is 2.15. The fraction of sp³-hybridized carbons (Fsp3) is 0.769. The molecule has 1 aromatic heterocycles. The Kier molecular flexibility index (Phi) is 5.09. The standard InChI is InChI=1S/C13H22ClN3O2S/c1-11-6-12(2)9-17(8-11)20(18,19)13-7-15-16(10-13)5-3-4-14/h7,10-12H,3-6,8-9H2,1-2H3. The molecule has 20 heavy (non-hydrogen) atoms. The molecule has 5 nitrogen and oxygen atoms in total. The quantitative estimate of drug-likeness (QED) is 0.782. The summed E-state index contributed by atoms with van der Waals surface area (Å²) in [6, 6.07) is 0. The molecule has 114 valence electrons. The van der Waals surface area contributed by atoms with Crippen molar-refractivity contribution in [1.29, 1.82) is 0 Å². The van der Waals surface area contributed by atoms with E-state index in [-0.39, 0.29) is 4.90 Å². The average molecular weight is 320 g/mol. The summed E-state index contributed by atoms with van der Waals surface area (Å²) in [6.07, 6.45) is 4.90. The van der Waals surface area contributed by atoms with Gasteiger partial charge in [-0.1, -0.05) is 13.8 Å². The maximum Gasteiger partial charge on any atom is 0.246 e. The Hall–Kier alpha value is -0.590. The van der Waals surface area contributed by atoms with Gasteiger partial charge in [-0.25, -0.2) is 8.42 Å². The van der Waals surface area contributed by atoms with E-state index in [9.17, 15) is 8.42 Å². The fourth-order valence-corrected chi connectivity index (χ4v) is 4.53. The van der Waals surface area contributed by atoms with Gasteiger partial charge in [-0.05, 0) is 24.7 Å². The molecule has 2 atom stereocenters. The van der Waals surface area contributed by atoms with E-state index in [2.05, 4.69) is 18.9 Å². The smallest absolute Gasteiger partial charge is 0.246 e. The first kappa shape index (κ1) is 15.8. The van der Waals surface area contributed by atoms with Gasteiger partial charge >= 0.3 is 0 Å². The number of nitrogens with zero attached hydrogens (tertiary/aromatic N) is 3. The Labute approximate surface area is 126 Å². The van der Waals surface area contributed by atoms with E-state index >= 15 is 0 Å². The van der Waals surface area contributed by atoms with Crippen molar-refractivity contribution >= 4 is 21.6 Å². The summed E-state index contributed by atoms with van der Waals surface area (Å²) in [5.41, 5.74) is 0. The van der Waals surface area contributed by atoms with Gasteiger partial charge in [0.15, 0.2) is 0 Å². The molecule has 1 aliphatic rings. The number of halogens is 1. The minimum absolute atomic E-state index is 0.286. The Morgan fingerprint density at radius 1 is 1.35 bits per heavy atom. The fourth-order valence-electron chi connectivity index (χ4n) is 2.77. The van der Waals surface area contributed by atoms with Crippen LogP contribution in [0.2, 0.25) is 0 Å². The molecule has 0 saturated carbocycles. The van der Waals surface area contributed by atoms with Gasteiger partial charge in [-0.3, -0.25) is 4.68 Å². The summed E-state index contributed by atoms with van der Waals surface area (Å²) < 4.78 is 28.5. The van der Waals surface area contributed by atoms with Crippen molar-refractivity contribution in [3.63, 3.8) is 0 Å². The minimum atomic E-state index is -3.42. The van der Waals surface area contributed by atoms with Crippen LogP contribution in [-0.4, -0.2) is 41.5 Å². The second kappa shape index (κ2) is 6.45. The van der Waals surface area contributed by atoms with Crippen LogP contribution < -0.4 is 0 Å². The monoisotopic (exact) mass is 319 g/mol. The van der Waals surface area contributed by atoms with Crippen molar-refractivity contribution in [2.24, 2.45) is 11.8 Å². The van der Waals surface area contributed by atoms with Crippen LogP contribution in [0, 0.1) is 11.8 Å². The lowest BCUT2D eigenvalue weighted by atomic mass is 9.94. The lowest BCUT2D eigenvalue weighted by Crippen LogP contribution is -2.42. The first-order valence-corrected chi connectivity index (χ1v) is 8.99. The Morgan fingerprint density at radius 2 is 2.00 bits per heavy atom. The molecule has 0 amide bonds. The largest absolute Gasteiger partial charge is 0.271 e. The van der Waals surface area contributed by atoms with Gasteiger partial charge in [0, 0.05) is 31.7 Å². The summed E-state index contributed by atoms with van der Waals surface area (Å²) in [7, 11) is -3.42. The van der Waals surface area contributed by atoms with Gasteiger partial charge in [-0.2, -0.15) is 9.40 Å². The second-order valence-electron chi connectivity index (χ2n) is 5.75. The number of piperidine rings is 1. The molecule has 0 radical (unpaired) electrons. The number of hydrogen-bond donors (Lipinski definition) is 0. The van der Waals surface area contributed by atoms with Crippen LogP contribution in [0.5, 0.6) is 0 Å². The highest BCUT2D eigenvalue weighted by Crippen LogP contribution is 2.26. The van der Waals surface area contributed by atoms with Crippen molar-refractivity contribution in [2.75, 3.05) is 19.0 Å². The number of sulfonamides is 1. The lowest BCUT2D eigenvalue weighted by Gasteiger charge is -2.33. The maximum atomic E-state index is 12.6. The molecule has 0 bridgehead atoms. The number of hydrogen-bond acceptors (Lipinski definition) is 3. The summed E-state index contributed by atoms with van der Waals surface area (Å²) in [5.74, 6) is 1.35. The van der Waals surface area contributed by atoms with Crippen LogP contribution in [0.25, 0.3) is 0 Å². The normalized spacial score (nSPS) is 24.9. The van der Waals surface area contributed by atoms with Gasteiger partial charge in [-0.15, -0.1) is 11.6 Å². The molecule has 1 aromatic rings. The molecule has 7 heteroatoms. The Bertz CT molecular complexity index is 534. The molecule has 0 N–H and O–H groups in total. The molecule has 2 rings (SSSR count). The predicted octanol–water partition coefficient (Wildman–Crippen LogP) is 2.18. The van der Waals surface area contributed by atoms with Crippen molar-refractivity contribution in [1.82, 2.24) is 14.1 Å². The number of aromatic nitrogens is 2. The van der Waals surface area contributed by atoms with E-state index in [0.29, 0.717) is 37.4 Å². The zero-order valence-electron chi connectivity index (χ0n) is 12.0. The van der Waals surface area contributed by atoms with E-state index in [1.54, 1.807) is 15.2 Å². The van der Waals surface area contributed by atoms with E-state index in [0.717, 1.165) is 12.8 Å². The summed E-state index contributed by atoms with van der Waals surface area (Å²) in [6.45, 7) is 6.04. The summed E-state index contributed by atoms with van der Waals surface area (Å²) in [4.78, 5) is 0.286. The second-order valence-corrected chi connectivity index (χ2v) is 8.07. The first-order valence-electron chi connectivity index (χ1n) is 7.02. The van der Waals surface area contributed by atoms with Crippen molar-refractivity contribution < 1.29 is 8.42 Å². The lowest BCUT2D eigenvalue weighted by molar-refractivity contribution is 0.222. The van der Waals surface area contributed by atoms with Crippen molar-refractivity contribution in [3.8, 4) is 0 Å². The van der Waals surface area contributed by atoms with Crippen LogP contribution >= 0.6 is 11.6 Å². The topological polar surface area (TPSA) is 55.2 Å². The molecule has 1 aliphatic heterocycles. The van der Waals surface area contributed by atoms with Crippen LogP contribution in [0.15, 0.2) is 17.3 Å². The van der Waals surface area contributed by atoms with E-state index in [4.69, 9.17) is 11.6 Å². The van der Waals surface area contributed by atoms with Crippen LogP contribution in [0.3, 0.4) is 0 Å². The van der Waals surface area contributed by atoms with Crippen LogP contribution in [0.1, 0.15) is 26.7 Å². The molecule has 1 fully saturated rings. The molecule has 1 saturated heterocycles. The predicted molar refractivity (Wildman–Crippen MR) is 79.3 cm³/mol. The third-order valence-corrected chi connectivity index (χ3v) is 5.66. The summed E-state index contributed by atoms with van der Waals surface area (Å²) >= 11 is 5.63. The third-order valence-electron chi connectivity index (χ3n) is 3.60. The van der Waals surface area contributed by atoms with E-state index in [1.807, 2.05) is 0 Å². The minimum Gasteiger partial charge on any atom is -0.271 e. The highest BCUT2D eigenvalue weighted by atomic mass is 35.5. The van der Waals surface area contributed by atoms with Gasteiger partial charge in [0.1, 0.15) is 4.90 Å². The molecule has 0 aromatic carbocycles. The van der Waals surface area contributed by atoms with Gasteiger partial charge in [0.05, 0.1) is 6.20 Å². The number of rotatable bonds is 5.